The van der Waals surface area contributed by atoms with Crippen LogP contribution in [0.1, 0.15) is 35.5 Å². The molecule has 3 aromatic rings. The van der Waals surface area contributed by atoms with E-state index < -0.39 is 15.7 Å². The number of fused-ring (bicyclic) bond motifs is 1. The third kappa shape index (κ3) is 4.22. The fraction of sp³-hybridized carbons (Fsp3) is 0.444. The number of benzene rings is 1. The number of nitrogens with zero attached hydrogens (tertiary/aromatic N) is 4. The molecule has 0 bridgehead atoms. The molecule has 1 atom stereocenters. The Bertz CT molecular complexity index is 1090. The summed E-state index contributed by atoms with van der Waals surface area (Å²) in [6.07, 6.45) is 2.73. The Balaban J connectivity index is 1.49. The Labute approximate surface area is 166 Å². The fourth-order valence-electron chi connectivity index (χ4n) is 3.49. The highest BCUT2D eigenvalue weighted by molar-refractivity contribution is 7.91. The van der Waals surface area contributed by atoms with Gasteiger partial charge in [0.1, 0.15) is 5.82 Å². The first kappa shape index (κ1) is 19.0. The summed E-state index contributed by atoms with van der Waals surface area (Å²) in [7, 11) is -3.04. The third-order valence-electron chi connectivity index (χ3n) is 4.76. The van der Waals surface area contributed by atoms with Crippen LogP contribution in [0.2, 0.25) is 0 Å². The number of carbonyl (C=O) groups excluding carboxylic acids is 1. The van der Waals surface area contributed by atoms with Gasteiger partial charge in [-0.1, -0.05) is 12.1 Å². The van der Waals surface area contributed by atoms with Gasteiger partial charge in [0.2, 0.25) is 5.91 Å². The van der Waals surface area contributed by atoms with Crippen molar-refractivity contribution in [1.82, 2.24) is 19.7 Å². The molecule has 0 aliphatic carbocycles. The second kappa shape index (κ2) is 7.59. The Morgan fingerprint density at radius 3 is 2.79 bits per heavy atom. The van der Waals surface area contributed by atoms with E-state index in [9.17, 15) is 13.2 Å². The fourth-order valence-corrected chi connectivity index (χ4v) is 6.19. The molecule has 2 N–H and O–H groups in total. The van der Waals surface area contributed by atoms with Crippen molar-refractivity contribution in [2.24, 2.45) is 5.73 Å². The lowest BCUT2D eigenvalue weighted by Crippen LogP contribution is -2.17. The highest BCUT2D eigenvalue weighted by Crippen LogP contribution is 2.26. The molecular weight excluding hydrogens is 398 g/mol. The summed E-state index contributed by atoms with van der Waals surface area (Å²) < 4.78 is 26.6. The average molecular weight is 420 g/mol. The minimum atomic E-state index is -3.04. The van der Waals surface area contributed by atoms with Gasteiger partial charge in [0, 0.05) is 6.42 Å². The molecular formula is C18H21N5O3S2. The van der Waals surface area contributed by atoms with Crippen molar-refractivity contribution in [3.8, 4) is 0 Å². The number of hydrogen-bond acceptors (Lipinski definition) is 7. The molecule has 148 valence electrons. The van der Waals surface area contributed by atoms with E-state index in [1.54, 1.807) is 16.0 Å². The zero-order valence-corrected chi connectivity index (χ0v) is 16.9. The van der Waals surface area contributed by atoms with Crippen molar-refractivity contribution in [1.29, 1.82) is 0 Å². The summed E-state index contributed by atoms with van der Waals surface area (Å²) in [5.74, 6) is 0.786. The van der Waals surface area contributed by atoms with E-state index in [0.717, 1.165) is 23.4 Å². The van der Waals surface area contributed by atoms with Gasteiger partial charge in [-0.25, -0.2) is 23.1 Å². The van der Waals surface area contributed by atoms with Crippen molar-refractivity contribution in [3.63, 3.8) is 0 Å². The highest BCUT2D eigenvalue weighted by Gasteiger charge is 2.31. The lowest BCUT2D eigenvalue weighted by Gasteiger charge is -2.11. The minimum Gasteiger partial charge on any atom is -0.369 e. The number of nitrogens with two attached hydrogens (primary N) is 1. The first-order chi connectivity index (χ1) is 13.4. The van der Waals surface area contributed by atoms with E-state index in [0.29, 0.717) is 24.5 Å². The minimum absolute atomic E-state index is 0.0443. The molecule has 1 unspecified atom stereocenters. The van der Waals surface area contributed by atoms with Crippen molar-refractivity contribution < 1.29 is 13.2 Å². The summed E-state index contributed by atoms with van der Waals surface area (Å²) in [6, 6.07) is 7.82. The molecule has 1 aliphatic heterocycles. The molecule has 1 fully saturated rings. The van der Waals surface area contributed by atoms with E-state index in [1.165, 1.54) is 4.70 Å². The maximum atomic E-state index is 11.9. The lowest BCUT2D eigenvalue weighted by atomic mass is 10.2. The molecule has 2 aromatic heterocycles. The van der Waals surface area contributed by atoms with Crippen molar-refractivity contribution in [2.75, 3.05) is 11.5 Å². The maximum absolute atomic E-state index is 11.9. The van der Waals surface area contributed by atoms with Crippen LogP contribution in [0.15, 0.2) is 24.3 Å². The Kier molecular flexibility index (Phi) is 5.15. The van der Waals surface area contributed by atoms with Crippen LogP contribution in [0.3, 0.4) is 0 Å². The summed E-state index contributed by atoms with van der Waals surface area (Å²) in [5, 5.41) is 5.45. The van der Waals surface area contributed by atoms with Crippen LogP contribution >= 0.6 is 11.3 Å². The second-order valence-electron chi connectivity index (χ2n) is 7.02. The van der Waals surface area contributed by atoms with Crippen LogP contribution in [-0.2, 0) is 33.9 Å². The molecule has 8 nitrogen and oxygen atoms in total. The number of amides is 1. The predicted molar refractivity (Wildman–Crippen MR) is 107 cm³/mol. The number of sulfone groups is 1. The van der Waals surface area contributed by atoms with Gasteiger partial charge in [-0.15, -0.1) is 11.3 Å². The molecule has 1 aliphatic rings. The van der Waals surface area contributed by atoms with E-state index in [4.69, 9.17) is 5.73 Å². The van der Waals surface area contributed by atoms with Gasteiger partial charge < -0.3 is 5.73 Å². The van der Waals surface area contributed by atoms with Gasteiger partial charge in [-0.2, -0.15) is 5.10 Å². The molecule has 1 aromatic carbocycles. The number of primary amides is 1. The molecule has 0 radical (unpaired) electrons. The summed E-state index contributed by atoms with van der Waals surface area (Å²) in [4.78, 5) is 20.3. The van der Waals surface area contributed by atoms with Crippen molar-refractivity contribution in [2.45, 2.75) is 38.1 Å². The molecule has 10 heteroatoms. The third-order valence-corrected chi connectivity index (χ3v) is 7.61. The molecule has 28 heavy (non-hydrogen) atoms. The van der Waals surface area contributed by atoms with E-state index in [1.807, 2.05) is 18.2 Å². The first-order valence-electron chi connectivity index (χ1n) is 9.17. The van der Waals surface area contributed by atoms with E-state index >= 15 is 0 Å². The Hall–Kier alpha value is -2.33. The SMILES string of the molecule is NC(=O)Cc1nc(CCCc2nc3ccccc3s2)n(C2CCS(=O)(=O)C2)n1. The molecule has 1 saturated heterocycles. The Morgan fingerprint density at radius 1 is 1.25 bits per heavy atom. The first-order valence-corrected chi connectivity index (χ1v) is 11.8. The monoisotopic (exact) mass is 419 g/mol. The lowest BCUT2D eigenvalue weighted by molar-refractivity contribution is -0.117. The van der Waals surface area contributed by atoms with Crippen LogP contribution in [0.25, 0.3) is 10.2 Å². The Morgan fingerprint density at radius 2 is 2.07 bits per heavy atom. The number of aromatic nitrogens is 4. The smallest absolute Gasteiger partial charge is 0.225 e. The van der Waals surface area contributed by atoms with Gasteiger partial charge in [0.15, 0.2) is 15.7 Å². The zero-order chi connectivity index (χ0) is 19.7. The van der Waals surface area contributed by atoms with Crippen LogP contribution in [-0.4, -0.2) is 45.6 Å². The van der Waals surface area contributed by atoms with Crippen LogP contribution in [0, 0.1) is 0 Å². The molecule has 3 heterocycles. The van der Waals surface area contributed by atoms with Crippen LogP contribution in [0.5, 0.6) is 0 Å². The van der Waals surface area contributed by atoms with Gasteiger partial charge in [0.25, 0.3) is 0 Å². The highest BCUT2D eigenvalue weighted by atomic mass is 32.2. The van der Waals surface area contributed by atoms with Gasteiger partial charge in [-0.3, -0.25) is 4.79 Å². The van der Waals surface area contributed by atoms with Crippen LogP contribution in [0.4, 0.5) is 0 Å². The van der Waals surface area contributed by atoms with Crippen LogP contribution < -0.4 is 5.73 Å². The molecule has 4 rings (SSSR count). The molecule has 1 amide bonds. The quantitative estimate of drug-likeness (QED) is 0.619. The predicted octanol–water partition coefficient (Wildman–Crippen LogP) is 1.45. The summed E-state index contributed by atoms with van der Waals surface area (Å²) in [5.41, 5.74) is 6.27. The number of para-hydroxylation sites is 1. The van der Waals surface area contributed by atoms with Crippen molar-refractivity contribution in [3.05, 3.63) is 40.9 Å². The number of aryl methyl sites for hydroxylation is 2. The van der Waals surface area contributed by atoms with E-state index in [2.05, 4.69) is 21.1 Å². The maximum Gasteiger partial charge on any atom is 0.225 e. The second-order valence-corrected chi connectivity index (χ2v) is 10.4. The van der Waals surface area contributed by atoms with Gasteiger partial charge in [-0.05, 0) is 31.4 Å². The standard InChI is InChI=1S/C18H21N5O3S2/c19-15(24)10-16-21-17(23(22-16)12-8-9-28(25,26)11-12)6-3-7-18-20-13-4-1-2-5-14(13)27-18/h1-2,4-5,12H,3,6-11H2,(H2,19,24). The number of rotatable bonds is 7. The normalized spacial score (nSPS) is 18.6. The van der Waals surface area contributed by atoms with E-state index in [-0.39, 0.29) is 24.0 Å². The number of carbonyl (C=O) groups is 1. The van der Waals surface area contributed by atoms with Gasteiger partial charge in [0.05, 0.1) is 39.2 Å². The van der Waals surface area contributed by atoms with Crippen molar-refractivity contribution >= 4 is 37.3 Å². The topological polar surface area (TPSA) is 121 Å². The molecule has 0 spiro atoms. The zero-order valence-electron chi connectivity index (χ0n) is 15.2. The number of hydrogen-bond donors (Lipinski definition) is 1. The summed E-state index contributed by atoms with van der Waals surface area (Å²) >= 11 is 1.68. The average Bonchev–Trinajstić information content (AvgIpc) is 3.30. The van der Waals surface area contributed by atoms with Gasteiger partial charge >= 0.3 is 0 Å². The summed E-state index contributed by atoms with van der Waals surface area (Å²) in [6.45, 7) is 0. The molecule has 0 saturated carbocycles. The largest absolute Gasteiger partial charge is 0.369 e. The number of thiazole rings is 1.